The van der Waals surface area contributed by atoms with Crippen molar-refractivity contribution < 1.29 is 19.4 Å². The molecule has 0 aromatic carbocycles. The first-order chi connectivity index (χ1) is 7.07. The molecule has 88 valence electrons. The molecule has 6 heteroatoms. The maximum absolute atomic E-state index is 11.1. The highest BCUT2D eigenvalue weighted by Crippen LogP contribution is 1.87. The van der Waals surface area contributed by atoms with Crippen molar-refractivity contribution in [2.24, 2.45) is 0 Å². The number of amides is 2. The maximum atomic E-state index is 11.1. The van der Waals surface area contributed by atoms with Crippen molar-refractivity contribution in [3.63, 3.8) is 0 Å². The van der Waals surface area contributed by atoms with Gasteiger partial charge in [-0.15, -0.1) is 0 Å². The van der Waals surface area contributed by atoms with Gasteiger partial charge in [0.2, 0.25) is 0 Å². The summed E-state index contributed by atoms with van der Waals surface area (Å²) in [4.78, 5) is 21.5. The molecule has 0 heterocycles. The zero-order chi connectivity index (χ0) is 11.7. The van der Waals surface area contributed by atoms with Crippen molar-refractivity contribution in [1.82, 2.24) is 10.6 Å². The Labute approximate surface area is 89.0 Å². The Bertz CT molecular complexity index is 208. The van der Waals surface area contributed by atoms with E-state index in [1.54, 1.807) is 7.11 Å². The van der Waals surface area contributed by atoms with Crippen LogP contribution in [0.3, 0.4) is 0 Å². The number of unbranched alkanes of at least 4 members (excludes halogenated alkanes) is 1. The Hall–Kier alpha value is -1.30. The number of aliphatic carboxylic acids is 1. The van der Waals surface area contributed by atoms with Gasteiger partial charge >= 0.3 is 12.0 Å². The Kier molecular flexibility index (Phi) is 7.35. The van der Waals surface area contributed by atoms with Gasteiger partial charge in [-0.25, -0.2) is 4.79 Å². The summed E-state index contributed by atoms with van der Waals surface area (Å²) < 4.78 is 4.84. The van der Waals surface area contributed by atoms with E-state index in [-0.39, 0.29) is 0 Å². The van der Waals surface area contributed by atoms with Gasteiger partial charge in [0.15, 0.2) is 0 Å². The molecule has 0 unspecified atom stereocenters. The summed E-state index contributed by atoms with van der Waals surface area (Å²) in [6, 6.07) is -1.33. The number of rotatable bonds is 7. The van der Waals surface area contributed by atoms with Crippen LogP contribution < -0.4 is 10.6 Å². The monoisotopic (exact) mass is 218 g/mol. The van der Waals surface area contributed by atoms with E-state index < -0.39 is 18.0 Å². The molecule has 0 aliphatic carbocycles. The second kappa shape index (κ2) is 8.05. The van der Waals surface area contributed by atoms with Gasteiger partial charge in [-0.05, 0) is 19.8 Å². The molecule has 0 aliphatic heterocycles. The number of urea groups is 1. The fourth-order valence-electron chi connectivity index (χ4n) is 0.883. The molecule has 0 saturated heterocycles. The minimum atomic E-state index is -1.05. The maximum Gasteiger partial charge on any atom is 0.325 e. The van der Waals surface area contributed by atoms with Crippen LogP contribution in [0.5, 0.6) is 0 Å². The highest BCUT2D eigenvalue weighted by Gasteiger charge is 2.12. The van der Waals surface area contributed by atoms with Gasteiger partial charge in [-0.1, -0.05) is 0 Å². The van der Waals surface area contributed by atoms with E-state index in [1.807, 2.05) is 0 Å². The summed E-state index contributed by atoms with van der Waals surface area (Å²) in [5, 5.41) is 13.4. The molecule has 0 rings (SSSR count). The molecule has 0 saturated carbocycles. The van der Waals surface area contributed by atoms with Crippen LogP contribution >= 0.6 is 0 Å². The first kappa shape index (κ1) is 13.7. The van der Waals surface area contributed by atoms with Crippen molar-refractivity contribution in [2.75, 3.05) is 20.3 Å². The van der Waals surface area contributed by atoms with E-state index in [0.717, 1.165) is 12.8 Å². The van der Waals surface area contributed by atoms with Gasteiger partial charge in [0.25, 0.3) is 0 Å². The van der Waals surface area contributed by atoms with Crippen LogP contribution in [-0.2, 0) is 9.53 Å². The van der Waals surface area contributed by atoms with E-state index >= 15 is 0 Å². The SMILES string of the molecule is COCCCCNC(=O)N[C@H](C)C(=O)O. The normalized spacial score (nSPS) is 11.9. The number of carbonyl (C=O) groups excluding carboxylic acids is 1. The van der Waals surface area contributed by atoms with Crippen molar-refractivity contribution in [3.8, 4) is 0 Å². The smallest absolute Gasteiger partial charge is 0.325 e. The van der Waals surface area contributed by atoms with E-state index in [2.05, 4.69) is 10.6 Å². The van der Waals surface area contributed by atoms with Crippen LogP contribution in [0.4, 0.5) is 4.79 Å². The molecule has 15 heavy (non-hydrogen) atoms. The molecule has 2 amide bonds. The standard InChI is InChI=1S/C9H18N2O4/c1-7(8(12)13)11-9(14)10-5-3-4-6-15-2/h7H,3-6H2,1-2H3,(H,12,13)(H2,10,11,14)/t7-/m1/s1. The number of carboxylic acids is 1. The lowest BCUT2D eigenvalue weighted by Crippen LogP contribution is -2.44. The number of nitrogens with one attached hydrogen (secondary N) is 2. The lowest BCUT2D eigenvalue weighted by molar-refractivity contribution is -0.138. The molecule has 0 aromatic rings. The van der Waals surface area contributed by atoms with Crippen LogP contribution in [0.1, 0.15) is 19.8 Å². The minimum absolute atomic E-state index is 0.456. The van der Waals surface area contributed by atoms with Crippen LogP contribution in [0.2, 0.25) is 0 Å². The Balaban J connectivity index is 3.45. The van der Waals surface area contributed by atoms with Gasteiger partial charge in [0.1, 0.15) is 6.04 Å². The van der Waals surface area contributed by atoms with Gasteiger partial charge in [-0.3, -0.25) is 4.79 Å². The number of hydrogen-bond donors (Lipinski definition) is 3. The predicted octanol–water partition coefficient (Wildman–Crippen LogP) is 0.185. The summed E-state index contributed by atoms with van der Waals surface area (Å²) in [6.45, 7) is 2.59. The average molecular weight is 218 g/mol. The fourth-order valence-corrected chi connectivity index (χ4v) is 0.883. The van der Waals surface area contributed by atoms with Crippen LogP contribution in [-0.4, -0.2) is 43.4 Å². The summed E-state index contributed by atoms with van der Waals surface area (Å²) >= 11 is 0. The predicted molar refractivity (Wildman–Crippen MR) is 54.7 cm³/mol. The third kappa shape index (κ3) is 7.75. The van der Waals surface area contributed by atoms with Gasteiger partial charge in [0, 0.05) is 20.3 Å². The topological polar surface area (TPSA) is 87.7 Å². The zero-order valence-corrected chi connectivity index (χ0v) is 9.08. The highest BCUT2D eigenvalue weighted by atomic mass is 16.5. The first-order valence-electron chi connectivity index (χ1n) is 4.84. The van der Waals surface area contributed by atoms with Crippen LogP contribution in [0.15, 0.2) is 0 Å². The number of methoxy groups -OCH3 is 1. The molecule has 0 radical (unpaired) electrons. The Morgan fingerprint density at radius 1 is 1.40 bits per heavy atom. The summed E-state index contributed by atoms with van der Waals surface area (Å²) in [6.07, 6.45) is 1.67. The van der Waals surface area contributed by atoms with Crippen LogP contribution in [0.25, 0.3) is 0 Å². The highest BCUT2D eigenvalue weighted by molar-refractivity contribution is 5.82. The lowest BCUT2D eigenvalue weighted by Gasteiger charge is -2.10. The molecule has 0 fully saturated rings. The molecule has 0 aromatic heterocycles. The Morgan fingerprint density at radius 2 is 2.07 bits per heavy atom. The average Bonchev–Trinajstić information content (AvgIpc) is 2.17. The van der Waals surface area contributed by atoms with Crippen molar-refractivity contribution in [3.05, 3.63) is 0 Å². The minimum Gasteiger partial charge on any atom is -0.480 e. The third-order valence-electron chi connectivity index (χ3n) is 1.78. The molecule has 0 spiro atoms. The van der Waals surface area contributed by atoms with Crippen molar-refractivity contribution in [1.29, 1.82) is 0 Å². The number of carbonyl (C=O) groups is 2. The van der Waals surface area contributed by atoms with Gasteiger partial charge in [-0.2, -0.15) is 0 Å². The van der Waals surface area contributed by atoms with Gasteiger partial charge in [0.05, 0.1) is 0 Å². The van der Waals surface area contributed by atoms with Crippen LogP contribution in [0, 0.1) is 0 Å². The summed E-state index contributed by atoms with van der Waals surface area (Å²) in [7, 11) is 1.62. The van der Waals surface area contributed by atoms with Gasteiger partial charge < -0.3 is 20.5 Å². The van der Waals surface area contributed by atoms with E-state index in [4.69, 9.17) is 9.84 Å². The van der Waals surface area contributed by atoms with E-state index in [0.29, 0.717) is 13.2 Å². The number of carboxylic acid groups (broad SMARTS) is 1. The molecular formula is C9H18N2O4. The third-order valence-corrected chi connectivity index (χ3v) is 1.78. The summed E-state index contributed by atoms with van der Waals surface area (Å²) in [5.41, 5.74) is 0. The van der Waals surface area contributed by atoms with E-state index in [1.165, 1.54) is 6.92 Å². The second-order valence-electron chi connectivity index (χ2n) is 3.16. The largest absolute Gasteiger partial charge is 0.480 e. The Morgan fingerprint density at radius 3 is 2.60 bits per heavy atom. The van der Waals surface area contributed by atoms with E-state index in [9.17, 15) is 9.59 Å². The quantitative estimate of drug-likeness (QED) is 0.532. The first-order valence-corrected chi connectivity index (χ1v) is 4.84. The molecular weight excluding hydrogens is 200 g/mol. The fraction of sp³-hybridized carbons (Fsp3) is 0.778. The second-order valence-corrected chi connectivity index (χ2v) is 3.16. The van der Waals surface area contributed by atoms with Crippen molar-refractivity contribution in [2.45, 2.75) is 25.8 Å². The lowest BCUT2D eigenvalue weighted by atomic mass is 10.3. The summed E-state index contributed by atoms with van der Waals surface area (Å²) in [5.74, 6) is -1.05. The molecule has 0 aliphatic rings. The molecule has 1 atom stereocenters. The molecule has 3 N–H and O–H groups in total. The molecule has 6 nitrogen and oxygen atoms in total. The number of hydrogen-bond acceptors (Lipinski definition) is 3. The zero-order valence-electron chi connectivity index (χ0n) is 9.08. The molecule has 0 bridgehead atoms. The number of ether oxygens (including phenoxy) is 1. The van der Waals surface area contributed by atoms with Crippen molar-refractivity contribution >= 4 is 12.0 Å².